The van der Waals surface area contributed by atoms with Crippen LogP contribution in [0.4, 0.5) is 16.4 Å². The second-order valence-electron chi connectivity index (χ2n) is 5.68. The number of benzene rings is 1. The van der Waals surface area contributed by atoms with Gasteiger partial charge in [-0.05, 0) is 37.1 Å². The molecule has 24 heavy (non-hydrogen) atoms. The smallest absolute Gasteiger partial charge is 0.321 e. The highest BCUT2D eigenvalue weighted by atomic mass is 35.5. The first-order valence-electron chi connectivity index (χ1n) is 7.62. The number of piperidine rings is 1. The van der Waals surface area contributed by atoms with Gasteiger partial charge in [-0.2, -0.15) is 0 Å². The van der Waals surface area contributed by atoms with E-state index in [2.05, 4.69) is 15.3 Å². The van der Waals surface area contributed by atoms with Gasteiger partial charge in [0, 0.05) is 30.2 Å². The fraction of sp³-hybridized carbons (Fsp3) is 0.312. The Balaban J connectivity index is 1.69. The van der Waals surface area contributed by atoms with Crippen molar-refractivity contribution in [1.82, 2.24) is 14.9 Å². The molecule has 6 nitrogen and oxygen atoms in total. The van der Waals surface area contributed by atoms with E-state index in [1.807, 2.05) is 6.07 Å². The number of nitrogens with zero attached hydrogens (tertiary/aromatic N) is 3. The lowest BCUT2D eigenvalue weighted by molar-refractivity contribution is 0.192. The number of anilines is 2. The molecule has 0 saturated carbocycles. The fourth-order valence-electron chi connectivity index (χ4n) is 2.80. The summed E-state index contributed by atoms with van der Waals surface area (Å²) in [5.74, 6) is 0.400. The first-order chi connectivity index (χ1) is 11.5. The number of aromatic nitrogens is 2. The molecule has 1 aliphatic heterocycles. The molecule has 8 heteroatoms. The highest BCUT2D eigenvalue weighted by Crippen LogP contribution is 2.28. The van der Waals surface area contributed by atoms with Gasteiger partial charge in [-0.3, -0.25) is 0 Å². The standard InChI is InChI=1S/C16H17Cl2N5O/c17-11-3-4-14(12(18)8-11)22-16(24)23-7-1-2-10(9-23)13-5-6-20-15(19)21-13/h3-6,8,10H,1-2,7,9H2,(H,22,24)(H2,19,20,21). The Morgan fingerprint density at radius 3 is 2.92 bits per heavy atom. The average molecular weight is 366 g/mol. The van der Waals surface area contributed by atoms with Crippen molar-refractivity contribution in [1.29, 1.82) is 0 Å². The average Bonchev–Trinajstić information content (AvgIpc) is 2.57. The number of hydrogen-bond donors (Lipinski definition) is 2. The number of carbonyl (C=O) groups excluding carboxylic acids is 1. The van der Waals surface area contributed by atoms with Crippen LogP contribution in [0.3, 0.4) is 0 Å². The Bertz CT molecular complexity index is 755. The molecule has 1 fully saturated rings. The molecular weight excluding hydrogens is 349 g/mol. The molecule has 1 atom stereocenters. The SMILES string of the molecule is Nc1nccc(C2CCCN(C(=O)Nc3ccc(Cl)cc3Cl)C2)n1. The number of likely N-dealkylation sites (tertiary alicyclic amines) is 1. The molecule has 126 valence electrons. The van der Waals surface area contributed by atoms with Gasteiger partial charge in [0.05, 0.1) is 16.4 Å². The van der Waals surface area contributed by atoms with E-state index in [0.29, 0.717) is 28.8 Å². The van der Waals surface area contributed by atoms with Crippen LogP contribution in [0.1, 0.15) is 24.5 Å². The molecule has 3 N–H and O–H groups in total. The van der Waals surface area contributed by atoms with Crippen LogP contribution in [-0.4, -0.2) is 34.0 Å². The van der Waals surface area contributed by atoms with Crippen molar-refractivity contribution in [2.75, 3.05) is 24.1 Å². The topological polar surface area (TPSA) is 84.1 Å². The first-order valence-corrected chi connectivity index (χ1v) is 8.38. The van der Waals surface area contributed by atoms with Gasteiger partial charge in [0.1, 0.15) is 0 Å². The van der Waals surface area contributed by atoms with Gasteiger partial charge in [-0.25, -0.2) is 14.8 Å². The van der Waals surface area contributed by atoms with Crippen LogP contribution >= 0.6 is 23.2 Å². The monoisotopic (exact) mass is 365 g/mol. The van der Waals surface area contributed by atoms with Gasteiger partial charge in [-0.1, -0.05) is 23.2 Å². The van der Waals surface area contributed by atoms with E-state index >= 15 is 0 Å². The first kappa shape index (κ1) is 16.8. The van der Waals surface area contributed by atoms with Crippen LogP contribution < -0.4 is 11.1 Å². The van der Waals surface area contributed by atoms with Crippen molar-refractivity contribution in [3.05, 3.63) is 46.2 Å². The summed E-state index contributed by atoms with van der Waals surface area (Å²) in [4.78, 5) is 22.5. The second kappa shape index (κ2) is 7.23. The molecule has 0 aliphatic carbocycles. The Morgan fingerprint density at radius 2 is 2.17 bits per heavy atom. The molecule has 2 aromatic rings. The summed E-state index contributed by atoms with van der Waals surface area (Å²) in [6, 6.07) is 6.63. The number of nitrogens with one attached hydrogen (secondary N) is 1. The van der Waals surface area contributed by atoms with Gasteiger partial charge in [0.25, 0.3) is 0 Å². The van der Waals surface area contributed by atoms with Crippen LogP contribution in [0.2, 0.25) is 10.0 Å². The Kier molecular flexibility index (Phi) is 5.06. The number of halogens is 2. The quantitative estimate of drug-likeness (QED) is 0.847. The molecule has 1 aromatic heterocycles. The number of nitrogens with two attached hydrogens (primary N) is 1. The highest BCUT2D eigenvalue weighted by Gasteiger charge is 2.26. The lowest BCUT2D eigenvalue weighted by Crippen LogP contribution is -2.41. The molecule has 0 radical (unpaired) electrons. The van der Waals surface area contributed by atoms with Gasteiger partial charge in [0.2, 0.25) is 5.95 Å². The zero-order valence-corrected chi connectivity index (χ0v) is 14.4. The second-order valence-corrected chi connectivity index (χ2v) is 6.52. The molecule has 1 aromatic carbocycles. The van der Waals surface area contributed by atoms with E-state index in [0.717, 1.165) is 18.5 Å². The molecular formula is C16H17Cl2N5O. The molecule has 0 bridgehead atoms. The van der Waals surface area contributed by atoms with Gasteiger partial charge in [-0.15, -0.1) is 0 Å². The fourth-order valence-corrected chi connectivity index (χ4v) is 3.26. The lowest BCUT2D eigenvalue weighted by Gasteiger charge is -2.32. The minimum Gasteiger partial charge on any atom is -0.368 e. The van der Waals surface area contributed by atoms with Crippen molar-refractivity contribution in [3.63, 3.8) is 0 Å². The maximum Gasteiger partial charge on any atom is 0.321 e. The summed E-state index contributed by atoms with van der Waals surface area (Å²) in [5, 5.41) is 3.77. The normalized spacial score (nSPS) is 17.6. The summed E-state index contributed by atoms with van der Waals surface area (Å²) >= 11 is 12.0. The summed E-state index contributed by atoms with van der Waals surface area (Å²) in [5.41, 5.74) is 7.06. The maximum atomic E-state index is 12.5. The minimum absolute atomic E-state index is 0.149. The lowest BCUT2D eigenvalue weighted by atomic mass is 9.95. The van der Waals surface area contributed by atoms with Crippen LogP contribution in [0.5, 0.6) is 0 Å². The molecule has 1 aliphatic rings. The molecule has 2 amide bonds. The van der Waals surface area contributed by atoms with E-state index in [-0.39, 0.29) is 17.9 Å². The van der Waals surface area contributed by atoms with E-state index in [1.165, 1.54) is 0 Å². The molecule has 0 spiro atoms. The third-order valence-corrected chi connectivity index (χ3v) is 4.54. The Morgan fingerprint density at radius 1 is 1.33 bits per heavy atom. The van der Waals surface area contributed by atoms with Crippen molar-refractivity contribution in [2.24, 2.45) is 0 Å². The highest BCUT2D eigenvalue weighted by molar-refractivity contribution is 6.36. The number of amides is 2. The number of hydrogen-bond acceptors (Lipinski definition) is 4. The van der Waals surface area contributed by atoms with E-state index in [1.54, 1.807) is 29.3 Å². The largest absolute Gasteiger partial charge is 0.368 e. The Hall–Kier alpha value is -2.05. The van der Waals surface area contributed by atoms with Crippen molar-refractivity contribution in [2.45, 2.75) is 18.8 Å². The third kappa shape index (κ3) is 3.88. The predicted molar refractivity (Wildman–Crippen MR) is 95.5 cm³/mol. The summed E-state index contributed by atoms with van der Waals surface area (Å²) < 4.78 is 0. The van der Waals surface area contributed by atoms with E-state index < -0.39 is 0 Å². The third-order valence-electron chi connectivity index (χ3n) is 4.00. The van der Waals surface area contributed by atoms with Gasteiger partial charge >= 0.3 is 6.03 Å². The molecule has 3 rings (SSSR count). The minimum atomic E-state index is -0.189. The summed E-state index contributed by atoms with van der Waals surface area (Å²) in [6.07, 6.45) is 3.50. The van der Waals surface area contributed by atoms with Gasteiger partial charge < -0.3 is 16.0 Å². The summed E-state index contributed by atoms with van der Waals surface area (Å²) in [6.45, 7) is 1.27. The van der Waals surface area contributed by atoms with Crippen LogP contribution in [-0.2, 0) is 0 Å². The van der Waals surface area contributed by atoms with Crippen molar-refractivity contribution < 1.29 is 4.79 Å². The van der Waals surface area contributed by atoms with Crippen LogP contribution in [0, 0.1) is 0 Å². The zero-order valence-electron chi connectivity index (χ0n) is 12.9. The molecule has 1 unspecified atom stereocenters. The predicted octanol–water partition coefficient (Wildman–Crippen LogP) is 3.78. The van der Waals surface area contributed by atoms with E-state index in [9.17, 15) is 4.79 Å². The zero-order chi connectivity index (χ0) is 17.1. The Labute approximate surface area is 150 Å². The van der Waals surface area contributed by atoms with Gasteiger partial charge in [0.15, 0.2) is 0 Å². The van der Waals surface area contributed by atoms with Crippen molar-refractivity contribution in [3.8, 4) is 0 Å². The summed E-state index contributed by atoms with van der Waals surface area (Å²) in [7, 11) is 0. The number of carbonyl (C=O) groups is 1. The van der Waals surface area contributed by atoms with Crippen LogP contribution in [0.15, 0.2) is 30.5 Å². The molecule has 2 heterocycles. The number of rotatable bonds is 2. The maximum absolute atomic E-state index is 12.5. The van der Waals surface area contributed by atoms with E-state index in [4.69, 9.17) is 28.9 Å². The van der Waals surface area contributed by atoms with Crippen LogP contribution in [0.25, 0.3) is 0 Å². The van der Waals surface area contributed by atoms with Crippen molar-refractivity contribution >= 4 is 40.9 Å². The number of nitrogen functional groups attached to an aromatic ring is 1. The molecule has 1 saturated heterocycles. The number of urea groups is 1.